The van der Waals surface area contributed by atoms with Crippen molar-refractivity contribution in [2.75, 3.05) is 18.0 Å². The average molecular weight is 266 g/mol. The van der Waals surface area contributed by atoms with E-state index in [1.165, 1.54) is 12.8 Å². The lowest BCUT2D eigenvalue weighted by Gasteiger charge is -2.21. The highest BCUT2D eigenvalue weighted by atomic mass is 16.4. The van der Waals surface area contributed by atoms with Gasteiger partial charge in [-0.15, -0.1) is 5.10 Å². The van der Waals surface area contributed by atoms with Gasteiger partial charge in [0.1, 0.15) is 0 Å². The quantitative estimate of drug-likeness (QED) is 0.784. The molecule has 0 amide bonds. The molecule has 1 aliphatic carbocycles. The van der Waals surface area contributed by atoms with E-state index in [1.54, 1.807) is 0 Å². The number of anilines is 1. The molecule has 1 atom stereocenters. The fourth-order valence-electron chi connectivity index (χ4n) is 2.13. The summed E-state index contributed by atoms with van der Waals surface area (Å²) in [5, 5.41) is 11.8. The maximum Gasteiger partial charge on any atom is 0.318 e. The SMILES string of the molecule is CCCNC(C)c1nnc(N(CC(C)C)C2CC2)o1. The number of nitrogens with zero attached hydrogens (tertiary/aromatic N) is 3. The fourth-order valence-corrected chi connectivity index (χ4v) is 2.13. The zero-order valence-corrected chi connectivity index (χ0v) is 12.5. The Hall–Kier alpha value is -1.10. The summed E-state index contributed by atoms with van der Waals surface area (Å²) in [5.41, 5.74) is 0. The van der Waals surface area contributed by atoms with Crippen LogP contribution < -0.4 is 10.2 Å². The molecule has 0 aliphatic heterocycles. The van der Waals surface area contributed by atoms with E-state index in [4.69, 9.17) is 4.42 Å². The third-order valence-electron chi connectivity index (χ3n) is 3.30. The highest BCUT2D eigenvalue weighted by molar-refractivity contribution is 5.29. The summed E-state index contributed by atoms with van der Waals surface area (Å²) in [4.78, 5) is 2.27. The molecule has 5 nitrogen and oxygen atoms in total. The van der Waals surface area contributed by atoms with Gasteiger partial charge in [-0.05, 0) is 38.6 Å². The van der Waals surface area contributed by atoms with Crippen molar-refractivity contribution in [1.29, 1.82) is 0 Å². The van der Waals surface area contributed by atoms with Gasteiger partial charge in [0.25, 0.3) is 0 Å². The van der Waals surface area contributed by atoms with Crippen LogP contribution in [-0.4, -0.2) is 29.3 Å². The molecule has 0 aromatic carbocycles. The first-order valence-electron chi connectivity index (χ1n) is 7.45. The van der Waals surface area contributed by atoms with E-state index in [1.807, 2.05) is 0 Å². The second-order valence-corrected chi connectivity index (χ2v) is 5.88. The molecule has 0 radical (unpaired) electrons. The molecule has 108 valence electrons. The first-order valence-corrected chi connectivity index (χ1v) is 7.45. The molecule has 1 saturated carbocycles. The minimum absolute atomic E-state index is 0.126. The molecule has 0 bridgehead atoms. The Morgan fingerprint density at radius 2 is 2.05 bits per heavy atom. The molecule has 1 unspecified atom stereocenters. The first kappa shape index (κ1) is 14.3. The molecule has 0 saturated heterocycles. The number of hydrogen-bond donors (Lipinski definition) is 1. The van der Waals surface area contributed by atoms with Gasteiger partial charge in [0, 0.05) is 12.6 Å². The molecule has 1 fully saturated rings. The minimum Gasteiger partial charge on any atom is -0.406 e. The molecule has 1 aromatic heterocycles. The van der Waals surface area contributed by atoms with Gasteiger partial charge in [-0.1, -0.05) is 25.9 Å². The lowest BCUT2D eigenvalue weighted by Crippen LogP contribution is -2.30. The van der Waals surface area contributed by atoms with Crippen molar-refractivity contribution in [3.63, 3.8) is 0 Å². The van der Waals surface area contributed by atoms with Crippen LogP contribution in [0.3, 0.4) is 0 Å². The highest BCUT2D eigenvalue weighted by Crippen LogP contribution is 2.32. The summed E-state index contributed by atoms with van der Waals surface area (Å²) in [6, 6.07) is 1.42. The second kappa shape index (κ2) is 6.37. The van der Waals surface area contributed by atoms with Gasteiger partial charge in [-0.3, -0.25) is 0 Å². The maximum atomic E-state index is 5.85. The Morgan fingerprint density at radius 1 is 1.32 bits per heavy atom. The van der Waals surface area contributed by atoms with Gasteiger partial charge >= 0.3 is 6.01 Å². The summed E-state index contributed by atoms with van der Waals surface area (Å²) >= 11 is 0. The predicted molar refractivity (Wildman–Crippen MR) is 76.2 cm³/mol. The Kier molecular flexibility index (Phi) is 4.80. The van der Waals surface area contributed by atoms with E-state index >= 15 is 0 Å². The molecular weight excluding hydrogens is 240 g/mol. The smallest absolute Gasteiger partial charge is 0.318 e. The normalized spacial score (nSPS) is 16.9. The molecule has 1 aromatic rings. The number of rotatable bonds is 8. The fraction of sp³-hybridized carbons (Fsp3) is 0.857. The van der Waals surface area contributed by atoms with Gasteiger partial charge in [0.05, 0.1) is 6.04 Å². The van der Waals surface area contributed by atoms with E-state index < -0.39 is 0 Å². The summed E-state index contributed by atoms with van der Waals surface area (Å²) in [7, 11) is 0. The van der Waals surface area contributed by atoms with Crippen molar-refractivity contribution in [2.45, 2.75) is 59.0 Å². The van der Waals surface area contributed by atoms with Crippen LogP contribution in [0.5, 0.6) is 0 Å². The van der Waals surface area contributed by atoms with Crippen LogP contribution >= 0.6 is 0 Å². The standard InChI is InChI=1S/C14H26N4O/c1-5-8-15-11(4)13-16-17-14(19-13)18(9-10(2)3)12-6-7-12/h10-12,15H,5-9H2,1-4H3. The third-order valence-corrected chi connectivity index (χ3v) is 3.30. The number of nitrogens with one attached hydrogen (secondary N) is 1. The molecule has 5 heteroatoms. The summed E-state index contributed by atoms with van der Waals surface area (Å²) in [6.07, 6.45) is 3.59. The van der Waals surface area contributed by atoms with Gasteiger partial charge in [-0.2, -0.15) is 0 Å². The Labute approximate surface area is 115 Å². The van der Waals surface area contributed by atoms with E-state index in [0.29, 0.717) is 23.9 Å². The first-order chi connectivity index (χ1) is 9.11. The number of hydrogen-bond acceptors (Lipinski definition) is 5. The van der Waals surface area contributed by atoms with Crippen LogP contribution in [0.2, 0.25) is 0 Å². The van der Waals surface area contributed by atoms with Gasteiger partial charge in [0.15, 0.2) is 0 Å². The Morgan fingerprint density at radius 3 is 2.63 bits per heavy atom. The van der Waals surface area contributed by atoms with Crippen LogP contribution in [0.4, 0.5) is 6.01 Å². The average Bonchev–Trinajstić information content (AvgIpc) is 3.09. The van der Waals surface area contributed by atoms with Crippen molar-refractivity contribution in [2.24, 2.45) is 5.92 Å². The van der Waals surface area contributed by atoms with Crippen LogP contribution in [0, 0.1) is 5.92 Å². The zero-order chi connectivity index (χ0) is 13.8. The molecule has 1 aliphatic rings. The van der Waals surface area contributed by atoms with Crippen LogP contribution in [0.15, 0.2) is 4.42 Å². The number of aromatic nitrogens is 2. The topological polar surface area (TPSA) is 54.2 Å². The van der Waals surface area contributed by atoms with E-state index in [0.717, 1.165) is 19.5 Å². The van der Waals surface area contributed by atoms with Crippen LogP contribution in [0.25, 0.3) is 0 Å². The third kappa shape index (κ3) is 3.93. The van der Waals surface area contributed by atoms with Crippen molar-refractivity contribution < 1.29 is 4.42 Å². The van der Waals surface area contributed by atoms with Crippen molar-refractivity contribution in [3.05, 3.63) is 5.89 Å². The van der Waals surface area contributed by atoms with Crippen molar-refractivity contribution in [1.82, 2.24) is 15.5 Å². The molecule has 19 heavy (non-hydrogen) atoms. The van der Waals surface area contributed by atoms with Crippen molar-refractivity contribution in [3.8, 4) is 0 Å². The molecule has 1 N–H and O–H groups in total. The van der Waals surface area contributed by atoms with Crippen molar-refractivity contribution >= 4 is 6.01 Å². The predicted octanol–water partition coefficient (Wildman–Crippen LogP) is 2.76. The maximum absolute atomic E-state index is 5.85. The minimum atomic E-state index is 0.126. The Balaban J connectivity index is 2.01. The second-order valence-electron chi connectivity index (χ2n) is 5.88. The van der Waals surface area contributed by atoms with Gasteiger partial charge in [-0.25, -0.2) is 0 Å². The molecule has 1 heterocycles. The largest absolute Gasteiger partial charge is 0.406 e. The van der Waals surface area contributed by atoms with Gasteiger partial charge in [0.2, 0.25) is 5.89 Å². The van der Waals surface area contributed by atoms with Crippen LogP contribution in [-0.2, 0) is 0 Å². The Bertz CT molecular complexity index is 387. The lowest BCUT2D eigenvalue weighted by molar-refractivity contribution is 0.409. The lowest BCUT2D eigenvalue weighted by atomic mass is 10.2. The monoisotopic (exact) mass is 266 g/mol. The summed E-state index contributed by atoms with van der Waals surface area (Å²) in [5.74, 6) is 1.30. The van der Waals surface area contributed by atoms with E-state index in [2.05, 4.69) is 48.1 Å². The summed E-state index contributed by atoms with van der Waals surface area (Å²) in [6.45, 7) is 10.6. The van der Waals surface area contributed by atoms with E-state index in [9.17, 15) is 0 Å². The summed E-state index contributed by atoms with van der Waals surface area (Å²) < 4.78 is 5.85. The van der Waals surface area contributed by atoms with Crippen LogP contribution in [0.1, 0.15) is 58.9 Å². The van der Waals surface area contributed by atoms with E-state index in [-0.39, 0.29) is 6.04 Å². The molecule has 2 rings (SSSR count). The molecular formula is C14H26N4O. The van der Waals surface area contributed by atoms with Gasteiger partial charge < -0.3 is 14.6 Å². The highest BCUT2D eigenvalue weighted by Gasteiger charge is 2.33. The molecule has 0 spiro atoms. The zero-order valence-electron chi connectivity index (χ0n) is 12.5.